The summed E-state index contributed by atoms with van der Waals surface area (Å²) >= 11 is 0. The van der Waals surface area contributed by atoms with E-state index in [-0.39, 0.29) is 25.8 Å². The number of aromatic amines is 1. The molecule has 192 valence electrons. The second kappa shape index (κ2) is 12.5. The van der Waals surface area contributed by atoms with Crippen molar-refractivity contribution in [3.8, 4) is 0 Å². The number of rotatable bonds is 13. The summed E-state index contributed by atoms with van der Waals surface area (Å²) in [4.78, 5) is 79.5. The van der Waals surface area contributed by atoms with Crippen LogP contribution in [0.4, 0.5) is 0 Å². The van der Waals surface area contributed by atoms with Crippen LogP contribution in [0.15, 0.2) is 12.5 Å². The van der Waals surface area contributed by atoms with Crippen molar-refractivity contribution in [2.75, 3.05) is 6.54 Å². The Morgan fingerprint density at radius 2 is 1.83 bits per heavy atom. The lowest BCUT2D eigenvalue weighted by molar-refractivity contribution is -0.147. The fraction of sp³-hybridized carbons (Fsp3) is 0.550. The number of nitrogens with one attached hydrogen (secondary N) is 3. The first-order chi connectivity index (χ1) is 16.5. The molecule has 1 aliphatic rings. The van der Waals surface area contributed by atoms with Crippen LogP contribution in [0.25, 0.3) is 0 Å². The molecule has 35 heavy (non-hydrogen) atoms. The lowest BCUT2D eigenvalue weighted by atomic mass is 10.1. The summed E-state index contributed by atoms with van der Waals surface area (Å²) in [5, 5.41) is 31.3. The summed E-state index contributed by atoms with van der Waals surface area (Å²) in [7, 11) is 0. The Morgan fingerprint density at radius 3 is 2.40 bits per heavy atom. The van der Waals surface area contributed by atoms with Crippen molar-refractivity contribution in [2.24, 2.45) is 5.73 Å². The highest BCUT2D eigenvalue weighted by atomic mass is 16.4. The molecule has 2 rings (SSSR count). The Balaban J connectivity index is 2.09. The Hall–Kier alpha value is -4.01. The maximum Gasteiger partial charge on any atom is 0.326 e. The van der Waals surface area contributed by atoms with E-state index in [4.69, 9.17) is 21.1 Å². The number of amides is 3. The van der Waals surface area contributed by atoms with E-state index in [9.17, 15) is 28.8 Å². The van der Waals surface area contributed by atoms with Crippen LogP contribution in [0.2, 0.25) is 0 Å². The second-order valence-electron chi connectivity index (χ2n) is 8.07. The quantitative estimate of drug-likeness (QED) is 0.152. The number of aromatic nitrogens is 2. The number of carbonyl (C=O) groups is 6. The summed E-state index contributed by atoms with van der Waals surface area (Å²) in [6.07, 6.45) is 2.05. The smallest absolute Gasteiger partial charge is 0.326 e. The van der Waals surface area contributed by atoms with E-state index in [0.717, 1.165) is 0 Å². The largest absolute Gasteiger partial charge is 0.481 e. The van der Waals surface area contributed by atoms with Gasteiger partial charge in [-0.05, 0) is 19.3 Å². The van der Waals surface area contributed by atoms with Gasteiger partial charge in [0.25, 0.3) is 0 Å². The molecule has 0 bridgehead atoms. The van der Waals surface area contributed by atoms with Crippen LogP contribution >= 0.6 is 0 Å². The molecule has 3 amide bonds. The molecular formula is C20H28N6O9. The van der Waals surface area contributed by atoms with Gasteiger partial charge in [0.15, 0.2) is 0 Å². The first kappa shape index (κ1) is 27.2. The topological polar surface area (TPSA) is 245 Å². The minimum atomic E-state index is -1.78. The number of carboxylic acid groups (broad SMARTS) is 3. The van der Waals surface area contributed by atoms with Crippen molar-refractivity contribution in [2.45, 2.75) is 62.7 Å². The molecule has 1 aromatic rings. The predicted octanol–water partition coefficient (Wildman–Crippen LogP) is -2.34. The Kier molecular flexibility index (Phi) is 9.69. The van der Waals surface area contributed by atoms with E-state index in [1.165, 1.54) is 17.4 Å². The molecule has 0 saturated carbocycles. The van der Waals surface area contributed by atoms with Gasteiger partial charge in [-0.15, -0.1) is 0 Å². The third-order valence-electron chi connectivity index (χ3n) is 5.42. The van der Waals surface area contributed by atoms with Crippen LogP contribution in [0.5, 0.6) is 0 Å². The van der Waals surface area contributed by atoms with Gasteiger partial charge in [-0.2, -0.15) is 0 Å². The van der Waals surface area contributed by atoms with Crippen molar-refractivity contribution in [3.63, 3.8) is 0 Å². The number of hydrogen-bond donors (Lipinski definition) is 7. The molecule has 1 aromatic heterocycles. The molecule has 8 N–H and O–H groups in total. The van der Waals surface area contributed by atoms with Gasteiger partial charge in [0.2, 0.25) is 17.7 Å². The number of carboxylic acids is 3. The van der Waals surface area contributed by atoms with Gasteiger partial charge < -0.3 is 41.6 Å². The number of nitrogens with two attached hydrogens (primary N) is 1. The summed E-state index contributed by atoms with van der Waals surface area (Å²) in [5.41, 5.74) is 6.63. The molecule has 1 fully saturated rings. The van der Waals surface area contributed by atoms with Crippen molar-refractivity contribution in [1.82, 2.24) is 25.5 Å². The number of H-pyrrole nitrogens is 1. The molecule has 0 radical (unpaired) electrons. The normalized spacial score (nSPS) is 17.7. The molecule has 0 aliphatic carbocycles. The number of imidazole rings is 1. The first-order valence-electron chi connectivity index (χ1n) is 10.8. The van der Waals surface area contributed by atoms with Crippen molar-refractivity contribution >= 4 is 35.6 Å². The first-order valence-corrected chi connectivity index (χ1v) is 10.8. The summed E-state index contributed by atoms with van der Waals surface area (Å²) in [6.45, 7) is 0.249. The highest BCUT2D eigenvalue weighted by Crippen LogP contribution is 2.19. The molecular weight excluding hydrogens is 468 g/mol. The van der Waals surface area contributed by atoms with E-state index < -0.39 is 72.6 Å². The van der Waals surface area contributed by atoms with Gasteiger partial charge in [0.1, 0.15) is 18.1 Å². The summed E-state index contributed by atoms with van der Waals surface area (Å²) in [5.74, 6) is -6.63. The van der Waals surface area contributed by atoms with E-state index in [1.54, 1.807) is 0 Å². The Bertz CT molecular complexity index is 951. The molecule has 4 atom stereocenters. The molecule has 0 aromatic carbocycles. The van der Waals surface area contributed by atoms with E-state index >= 15 is 0 Å². The fourth-order valence-corrected chi connectivity index (χ4v) is 3.69. The number of nitrogens with zero attached hydrogens (tertiary/aromatic N) is 2. The Labute approximate surface area is 199 Å². The van der Waals surface area contributed by atoms with E-state index in [1.807, 2.05) is 5.32 Å². The SMILES string of the molecule is NC(Cc1cnc[nH]1)C(=O)N1CCCC1C(=O)NC(CCC(=O)O)C(=O)NC(CC(=O)O)C(=O)O. The minimum absolute atomic E-state index is 0.160. The minimum Gasteiger partial charge on any atom is -0.481 e. The third kappa shape index (κ3) is 8.06. The van der Waals surface area contributed by atoms with Crippen LogP contribution in [0.1, 0.15) is 37.8 Å². The predicted molar refractivity (Wildman–Crippen MR) is 116 cm³/mol. The zero-order valence-corrected chi connectivity index (χ0v) is 18.7. The molecule has 15 heteroatoms. The third-order valence-corrected chi connectivity index (χ3v) is 5.42. The molecule has 15 nitrogen and oxygen atoms in total. The lowest BCUT2D eigenvalue weighted by Crippen LogP contribution is -2.57. The lowest BCUT2D eigenvalue weighted by Gasteiger charge is -2.28. The summed E-state index contributed by atoms with van der Waals surface area (Å²) in [6, 6.07) is -5.17. The maximum absolute atomic E-state index is 13.0. The monoisotopic (exact) mass is 496 g/mol. The average molecular weight is 496 g/mol. The zero-order chi connectivity index (χ0) is 26.1. The van der Waals surface area contributed by atoms with Crippen molar-refractivity contribution < 1.29 is 44.1 Å². The number of likely N-dealkylation sites (tertiary alicyclic amines) is 1. The highest BCUT2D eigenvalue weighted by Gasteiger charge is 2.38. The van der Waals surface area contributed by atoms with Crippen LogP contribution in [-0.4, -0.2) is 96.5 Å². The molecule has 4 unspecified atom stereocenters. The maximum atomic E-state index is 13.0. The molecule has 1 saturated heterocycles. The average Bonchev–Trinajstić information content (AvgIpc) is 3.46. The molecule has 0 spiro atoms. The molecule has 2 heterocycles. The number of carbonyl (C=O) groups excluding carboxylic acids is 3. The Morgan fingerprint density at radius 1 is 1.11 bits per heavy atom. The van der Waals surface area contributed by atoms with Crippen LogP contribution < -0.4 is 16.4 Å². The fourth-order valence-electron chi connectivity index (χ4n) is 3.69. The zero-order valence-electron chi connectivity index (χ0n) is 18.7. The van der Waals surface area contributed by atoms with Crippen LogP contribution in [0, 0.1) is 0 Å². The van der Waals surface area contributed by atoms with Gasteiger partial charge in [-0.3, -0.25) is 24.0 Å². The van der Waals surface area contributed by atoms with Crippen LogP contribution in [0.3, 0.4) is 0 Å². The van der Waals surface area contributed by atoms with Gasteiger partial charge in [-0.25, -0.2) is 9.78 Å². The van der Waals surface area contributed by atoms with Gasteiger partial charge in [0, 0.05) is 31.3 Å². The van der Waals surface area contributed by atoms with Gasteiger partial charge in [0.05, 0.1) is 18.8 Å². The van der Waals surface area contributed by atoms with E-state index in [2.05, 4.69) is 15.3 Å². The second-order valence-corrected chi connectivity index (χ2v) is 8.07. The van der Waals surface area contributed by atoms with Crippen molar-refractivity contribution in [3.05, 3.63) is 18.2 Å². The summed E-state index contributed by atoms with van der Waals surface area (Å²) < 4.78 is 0. The number of aliphatic carboxylic acids is 3. The van der Waals surface area contributed by atoms with Crippen LogP contribution in [-0.2, 0) is 35.2 Å². The van der Waals surface area contributed by atoms with E-state index in [0.29, 0.717) is 12.1 Å². The molecule has 1 aliphatic heterocycles. The van der Waals surface area contributed by atoms with Gasteiger partial charge in [-0.1, -0.05) is 0 Å². The van der Waals surface area contributed by atoms with Crippen molar-refractivity contribution in [1.29, 1.82) is 0 Å². The standard InChI is InChI=1S/C20H28N6O9/c21-11(6-10-8-22-9-23-10)19(33)26-5-1-2-14(26)18(32)24-12(3-4-15(27)28)17(31)25-13(20(34)35)7-16(29)30/h8-9,11-14H,1-7,21H2,(H,22,23)(H,24,32)(H,25,31)(H,27,28)(H,29,30)(H,34,35). The highest BCUT2D eigenvalue weighted by molar-refractivity contribution is 5.95. The number of hydrogen-bond acceptors (Lipinski definition) is 8. The van der Waals surface area contributed by atoms with Gasteiger partial charge >= 0.3 is 17.9 Å².